The lowest BCUT2D eigenvalue weighted by atomic mass is 10.0. The lowest BCUT2D eigenvalue weighted by Crippen LogP contribution is -2.10. The number of nitrogens with two attached hydrogens (primary N) is 1. The average molecular weight is 331 g/mol. The number of nitrogens with zero attached hydrogens (tertiary/aromatic N) is 2. The number of pyridine rings is 1. The van der Waals surface area contributed by atoms with Crippen LogP contribution in [0.5, 0.6) is 5.75 Å². The van der Waals surface area contributed by atoms with E-state index in [1.165, 1.54) is 12.3 Å². The maximum Gasteiger partial charge on any atom is 0.225 e. The number of anilines is 1. The second-order valence-corrected chi connectivity index (χ2v) is 6.03. The number of rotatable bonds is 2. The third-order valence-corrected chi connectivity index (χ3v) is 4.42. The summed E-state index contributed by atoms with van der Waals surface area (Å²) in [7, 11) is 2.02. The fourth-order valence-electron chi connectivity index (χ4n) is 3.14. The van der Waals surface area contributed by atoms with Gasteiger partial charge in [0.25, 0.3) is 0 Å². The van der Waals surface area contributed by atoms with Gasteiger partial charge in [-0.1, -0.05) is 24.3 Å². The molecule has 0 aliphatic carbocycles. The molecule has 0 fully saturated rings. The number of aromatic hydroxyl groups is 1. The van der Waals surface area contributed by atoms with E-state index >= 15 is 0 Å². The molecular formula is C20H17N3O2. The van der Waals surface area contributed by atoms with Gasteiger partial charge in [0, 0.05) is 35.9 Å². The van der Waals surface area contributed by atoms with Crippen LogP contribution in [-0.4, -0.2) is 14.2 Å². The molecule has 2 aromatic heterocycles. The highest BCUT2D eigenvalue weighted by Gasteiger charge is 2.09. The van der Waals surface area contributed by atoms with E-state index in [-0.39, 0.29) is 11.6 Å². The van der Waals surface area contributed by atoms with Crippen molar-refractivity contribution in [2.24, 2.45) is 7.05 Å². The van der Waals surface area contributed by atoms with Crippen LogP contribution < -0.4 is 11.2 Å². The second-order valence-electron chi connectivity index (χ2n) is 6.03. The van der Waals surface area contributed by atoms with Crippen molar-refractivity contribution in [3.05, 3.63) is 77.2 Å². The summed E-state index contributed by atoms with van der Waals surface area (Å²) in [5.74, 6) is -0.0531. The van der Waals surface area contributed by atoms with E-state index in [0.29, 0.717) is 0 Å². The van der Waals surface area contributed by atoms with Gasteiger partial charge >= 0.3 is 0 Å². The van der Waals surface area contributed by atoms with Crippen molar-refractivity contribution in [3.8, 4) is 22.6 Å². The highest BCUT2D eigenvalue weighted by molar-refractivity contribution is 5.95. The SMILES string of the molecule is Cn1ccc2c(-c3cccc(-n4cc(O)c(=O)cc4N)c3)cccc21. The molecule has 124 valence electrons. The molecule has 0 radical (unpaired) electrons. The molecule has 4 aromatic rings. The summed E-state index contributed by atoms with van der Waals surface area (Å²) in [4.78, 5) is 11.5. The smallest absolute Gasteiger partial charge is 0.225 e. The van der Waals surface area contributed by atoms with Crippen LogP contribution in [0.25, 0.3) is 27.7 Å². The number of hydrogen-bond acceptors (Lipinski definition) is 3. The van der Waals surface area contributed by atoms with Crippen molar-refractivity contribution < 1.29 is 5.11 Å². The lowest BCUT2D eigenvalue weighted by Gasteiger charge is -2.12. The molecule has 5 nitrogen and oxygen atoms in total. The third kappa shape index (κ3) is 2.46. The first-order valence-electron chi connectivity index (χ1n) is 7.90. The van der Waals surface area contributed by atoms with Crippen molar-refractivity contribution in [2.75, 3.05) is 5.73 Å². The van der Waals surface area contributed by atoms with Crippen molar-refractivity contribution in [1.29, 1.82) is 0 Å². The van der Waals surface area contributed by atoms with Gasteiger partial charge in [0.15, 0.2) is 5.75 Å². The van der Waals surface area contributed by atoms with Gasteiger partial charge in [0.1, 0.15) is 5.82 Å². The van der Waals surface area contributed by atoms with E-state index in [2.05, 4.69) is 22.8 Å². The zero-order valence-corrected chi connectivity index (χ0v) is 13.7. The largest absolute Gasteiger partial charge is 0.503 e. The number of hydrogen-bond donors (Lipinski definition) is 2. The highest BCUT2D eigenvalue weighted by Crippen LogP contribution is 2.30. The molecule has 3 N–H and O–H groups in total. The van der Waals surface area contributed by atoms with Crippen LogP contribution in [0.3, 0.4) is 0 Å². The maximum absolute atomic E-state index is 11.5. The molecule has 0 bridgehead atoms. The number of nitrogen functional groups attached to an aromatic ring is 1. The molecular weight excluding hydrogens is 314 g/mol. The van der Waals surface area contributed by atoms with Crippen molar-refractivity contribution in [3.63, 3.8) is 0 Å². The summed E-state index contributed by atoms with van der Waals surface area (Å²) in [6.45, 7) is 0. The molecule has 0 saturated carbocycles. The Hall–Kier alpha value is -3.47. The van der Waals surface area contributed by atoms with Gasteiger partial charge in [-0.15, -0.1) is 0 Å². The van der Waals surface area contributed by atoms with Crippen LogP contribution in [0.15, 0.2) is 71.8 Å². The van der Waals surface area contributed by atoms with Gasteiger partial charge in [-0.3, -0.25) is 9.36 Å². The normalized spacial score (nSPS) is 11.1. The molecule has 2 aromatic carbocycles. The zero-order valence-electron chi connectivity index (χ0n) is 13.7. The summed E-state index contributed by atoms with van der Waals surface area (Å²) in [5.41, 5.74) is 9.55. The van der Waals surface area contributed by atoms with Crippen LogP contribution in [0.4, 0.5) is 5.82 Å². The first-order chi connectivity index (χ1) is 12.0. The van der Waals surface area contributed by atoms with Crippen LogP contribution in [-0.2, 0) is 7.05 Å². The second kappa shape index (κ2) is 5.56. The summed E-state index contributed by atoms with van der Waals surface area (Å²) in [6.07, 6.45) is 3.38. The van der Waals surface area contributed by atoms with Crippen molar-refractivity contribution >= 4 is 16.7 Å². The molecule has 5 heteroatoms. The van der Waals surface area contributed by atoms with Gasteiger partial charge in [0.2, 0.25) is 5.43 Å². The Morgan fingerprint density at radius 3 is 2.68 bits per heavy atom. The standard InChI is InChI=1S/C20H17N3O2/c1-22-9-8-16-15(6-3-7-17(16)22)13-4-2-5-14(10-13)23-12-19(25)18(24)11-20(23)21/h2-12,25H,21H2,1H3. The molecule has 4 rings (SSSR count). The Kier molecular flexibility index (Phi) is 3.35. The first kappa shape index (κ1) is 15.1. The number of aromatic nitrogens is 2. The topological polar surface area (TPSA) is 73.2 Å². The van der Waals surface area contributed by atoms with E-state index in [1.807, 2.05) is 43.6 Å². The Morgan fingerprint density at radius 1 is 1.04 bits per heavy atom. The fraction of sp³-hybridized carbons (Fsp3) is 0.0500. The number of benzene rings is 2. The Balaban J connectivity index is 1.90. The number of fused-ring (bicyclic) bond motifs is 1. The Bertz CT molecular complexity index is 1160. The van der Waals surface area contributed by atoms with Crippen LogP contribution in [0, 0.1) is 0 Å². The summed E-state index contributed by atoms with van der Waals surface area (Å²) >= 11 is 0. The Labute approximate surface area is 144 Å². The van der Waals surface area contributed by atoms with E-state index in [0.717, 1.165) is 27.7 Å². The predicted molar refractivity (Wildman–Crippen MR) is 100 cm³/mol. The van der Waals surface area contributed by atoms with E-state index in [4.69, 9.17) is 5.73 Å². The molecule has 0 unspecified atom stereocenters. The molecule has 0 saturated heterocycles. The number of aryl methyl sites for hydroxylation is 1. The average Bonchev–Trinajstić information content (AvgIpc) is 3.00. The third-order valence-electron chi connectivity index (χ3n) is 4.42. The lowest BCUT2D eigenvalue weighted by molar-refractivity contribution is 0.466. The molecule has 0 spiro atoms. The summed E-state index contributed by atoms with van der Waals surface area (Å²) < 4.78 is 3.69. The fourth-order valence-corrected chi connectivity index (χ4v) is 3.14. The van der Waals surface area contributed by atoms with Crippen LogP contribution >= 0.6 is 0 Å². The molecule has 0 atom stereocenters. The van der Waals surface area contributed by atoms with Crippen LogP contribution in [0.1, 0.15) is 0 Å². The molecule has 2 heterocycles. The van der Waals surface area contributed by atoms with E-state index < -0.39 is 5.43 Å². The predicted octanol–water partition coefficient (Wildman–Crippen LogP) is 3.28. The van der Waals surface area contributed by atoms with Gasteiger partial charge in [0.05, 0.1) is 6.20 Å². The van der Waals surface area contributed by atoms with E-state index in [1.54, 1.807) is 4.57 Å². The van der Waals surface area contributed by atoms with Gasteiger partial charge in [-0.25, -0.2) is 0 Å². The minimum atomic E-state index is -0.487. The van der Waals surface area contributed by atoms with Gasteiger partial charge < -0.3 is 15.4 Å². The van der Waals surface area contributed by atoms with E-state index in [9.17, 15) is 9.90 Å². The quantitative estimate of drug-likeness (QED) is 0.592. The summed E-state index contributed by atoms with van der Waals surface area (Å²) in [5, 5.41) is 10.9. The first-order valence-corrected chi connectivity index (χ1v) is 7.90. The van der Waals surface area contributed by atoms with Gasteiger partial charge in [-0.2, -0.15) is 0 Å². The monoisotopic (exact) mass is 331 g/mol. The zero-order chi connectivity index (χ0) is 17.6. The van der Waals surface area contributed by atoms with Crippen LogP contribution in [0.2, 0.25) is 0 Å². The minimum Gasteiger partial charge on any atom is -0.503 e. The van der Waals surface area contributed by atoms with Crippen molar-refractivity contribution in [1.82, 2.24) is 9.13 Å². The molecule has 0 amide bonds. The molecule has 0 aliphatic heterocycles. The summed E-state index contributed by atoms with van der Waals surface area (Å²) in [6, 6.07) is 17.3. The van der Waals surface area contributed by atoms with Gasteiger partial charge in [-0.05, 0) is 35.4 Å². The minimum absolute atomic E-state index is 0.276. The Morgan fingerprint density at radius 2 is 1.84 bits per heavy atom. The maximum atomic E-state index is 11.5. The molecule has 25 heavy (non-hydrogen) atoms. The molecule has 0 aliphatic rings. The highest BCUT2D eigenvalue weighted by atomic mass is 16.3. The van der Waals surface area contributed by atoms with Crippen molar-refractivity contribution in [2.45, 2.75) is 0 Å².